The van der Waals surface area contributed by atoms with Crippen molar-refractivity contribution >= 4 is 11.6 Å². The lowest BCUT2D eigenvalue weighted by atomic mass is 9.75. The number of hydrogen-bond acceptors (Lipinski definition) is 6. The fourth-order valence-corrected chi connectivity index (χ4v) is 4.23. The molecule has 1 aromatic heterocycles. The Bertz CT molecular complexity index is 806. The number of fused-ring (bicyclic) bond motifs is 2. The number of methoxy groups -OCH3 is 1. The highest BCUT2D eigenvalue weighted by Crippen LogP contribution is 2.46. The molecule has 1 saturated heterocycles. The summed E-state index contributed by atoms with van der Waals surface area (Å²) >= 11 is 0. The Labute approximate surface area is 152 Å². The van der Waals surface area contributed by atoms with Gasteiger partial charge >= 0.3 is 0 Å². The van der Waals surface area contributed by atoms with Crippen molar-refractivity contribution in [3.63, 3.8) is 0 Å². The maximum atomic E-state index is 13.1. The third-order valence-corrected chi connectivity index (χ3v) is 5.47. The van der Waals surface area contributed by atoms with Gasteiger partial charge in [0, 0.05) is 32.8 Å². The van der Waals surface area contributed by atoms with Gasteiger partial charge in [-0.25, -0.2) is 0 Å². The molecule has 0 radical (unpaired) electrons. The van der Waals surface area contributed by atoms with Crippen LogP contribution in [0.25, 0.3) is 0 Å². The Hall–Kier alpha value is -2.25. The molecule has 0 bridgehead atoms. The SMILES string of the molecule is COCCc1noc(CN2CCC[C@@]3(C2)C(=O)N(C)c2ccccc23)n1. The maximum Gasteiger partial charge on any atom is 0.240 e. The number of para-hydroxylation sites is 1. The van der Waals surface area contributed by atoms with Gasteiger partial charge in [-0.2, -0.15) is 4.98 Å². The smallest absolute Gasteiger partial charge is 0.240 e. The van der Waals surface area contributed by atoms with E-state index in [1.165, 1.54) is 0 Å². The standard InChI is InChI=1S/C19H24N4O3/c1-22-15-7-4-3-6-14(15)19(18(22)24)9-5-10-23(13-19)12-17-20-16(21-26-17)8-11-25-2/h3-4,6-7H,5,8-13H2,1-2H3/t19-/m0/s1. The molecule has 0 saturated carbocycles. The zero-order valence-electron chi connectivity index (χ0n) is 15.3. The Kier molecular flexibility index (Phi) is 4.50. The van der Waals surface area contributed by atoms with E-state index in [1.807, 2.05) is 25.2 Å². The number of hydrogen-bond donors (Lipinski definition) is 0. The first-order chi connectivity index (χ1) is 12.6. The number of anilines is 1. The van der Waals surface area contributed by atoms with Gasteiger partial charge in [-0.05, 0) is 31.0 Å². The summed E-state index contributed by atoms with van der Waals surface area (Å²) in [4.78, 5) is 21.6. The first kappa shape index (κ1) is 17.2. The number of ether oxygens (including phenoxy) is 1. The molecule has 26 heavy (non-hydrogen) atoms. The van der Waals surface area contributed by atoms with Gasteiger partial charge in [-0.1, -0.05) is 23.4 Å². The summed E-state index contributed by atoms with van der Waals surface area (Å²) in [7, 11) is 3.52. The molecular weight excluding hydrogens is 332 g/mol. The normalized spacial score (nSPS) is 23.0. The lowest BCUT2D eigenvalue weighted by Gasteiger charge is -2.38. The van der Waals surface area contributed by atoms with Crippen LogP contribution >= 0.6 is 0 Å². The van der Waals surface area contributed by atoms with Gasteiger partial charge in [0.05, 0.1) is 18.6 Å². The zero-order chi connectivity index (χ0) is 18.1. The number of carbonyl (C=O) groups excluding carboxylic acids is 1. The summed E-state index contributed by atoms with van der Waals surface area (Å²) < 4.78 is 10.4. The summed E-state index contributed by atoms with van der Waals surface area (Å²) in [6, 6.07) is 8.13. The van der Waals surface area contributed by atoms with E-state index in [1.54, 1.807) is 12.0 Å². The molecule has 1 amide bonds. The van der Waals surface area contributed by atoms with Crippen LogP contribution in [-0.4, -0.2) is 54.8 Å². The quantitative estimate of drug-likeness (QED) is 0.813. The zero-order valence-corrected chi connectivity index (χ0v) is 15.3. The predicted octanol–water partition coefficient (Wildman–Crippen LogP) is 1.77. The van der Waals surface area contributed by atoms with Crippen molar-refractivity contribution in [1.82, 2.24) is 15.0 Å². The molecular formula is C19H24N4O3. The molecule has 7 heteroatoms. The summed E-state index contributed by atoms with van der Waals surface area (Å²) in [5.74, 6) is 1.45. The third kappa shape index (κ3) is 2.81. The largest absolute Gasteiger partial charge is 0.384 e. The van der Waals surface area contributed by atoms with Gasteiger partial charge in [-0.3, -0.25) is 9.69 Å². The fraction of sp³-hybridized carbons (Fsp3) is 0.526. The minimum atomic E-state index is -0.456. The fourth-order valence-electron chi connectivity index (χ4n) is 4.23. The van der Waals surface area contributed by atoms with Crippen LogP contribution in [0.3, 0.4) is 0 Å². The van der Waals surface area contributed by atoms with Crippen molar-refractivity contribution in [2.24, 2.45) is 0 Å². The lowest BCUT2D eigenvalue weighted by Crippen LogP contribution is -2.51. The molecule has 1 fully saturated rings. The van der Waals surface area contributed by atoms with Crippen molar-refractivity contribution in [2.45, 2.75) is 31.2 Å². The molecule has 2 aliphatic rings. The van der Waals surface area contributed by atoms with Crippen LogP contribution < -0.4 is 4.90 Å². The molecule has 0 aliphatic carbocycles. The van der Waals surface area contributed by atoms with Crippen LogP contribution in [0.15, 0.2) is 28.8 Å². The van der Waals surface area contributed by atoms with Gasteiger partial charge in [-0.15, -0.1) is 0 Å². The van der Waals surface area contributed by atoms with Gasteiger partial charge in [0.1, 0.15) is 0 Å². The second-order valence-electron chi connectivity index (χ2n) is 7.12. The minimum absolute atomic E-state index is 0.190. The van der Waals surface area contributed by atoms with Crippen molar-refractivity contribution in [1.29, 1.82) is 0 Å². The summed E-state index contributed by atoms with van der Waals surface area (Å²) in [6.07, 6.45) is 2.49. The van der Waals surface area contributed by atoms with E-state index in [9.17, 15) is 4.79 Å². The molecule has 2 aliphatic heterocycles. The topological polar surface area (TPSA) is 71.7 Å². The molecule has 4 rings (SSSR count). The molecule has 2 aromatic rings. The van der Waals surface area contributed by atoms with Gasteiger partial charge in [0.25, 0.3) is 0 Å². The van der Waals surface area contributed by atoms with Crippen molar-refractivity contribution in [3.8, 4) is 0 Å². The lowest BCUT2D eigenvalue weighted by molar-refractivity contribution is -0.125. The summed E-state index contributed by atoms with van der Waals surface area (Å²) in [6.45, 7) is 2.75. The molecule has 1 spiro atoms. The molecule has 0 unspecified atom stereocenters. The number of nitrogens with zero attached hydrogens (tertiary/aromatic N) is 4. The average Bonchev–Trinajstić information content (AvgIpc) is 3.19. The van der Waals surface area contributed by atoms with Gasteiger partial charge in [0.2, 0.25) is 11.8 Å². The Balaban J connectivity index is 1.53. The Morgan fingerprint density at radius 2 is 2.19 bits per heavy atom. The van der Waals surface area contributed by atoms with Crippen LogP contribution in [0.5, 0.6) is 0 Å². The summed E-state index contributed by atoms with van der Waals surface area (Å²) in [5.41, 5.74) is 1.71. The number of likely N-dealkylation sites (tertiary alicyclic amines) is 1. The van der Waals surface area contributed by atoms with E-state index in [0.717, 1.165) is 30.6 Å². The molecule has 1 atom stereocenters. The Morgan fingerprint density at radius 1 is 1.35 bits per heavy atom. The second-order valence-corrected chi connectivity index (χ2v) is 7.12. The van der Waals surface area contributed by atoms with E-state index in [0.29, 0.717) is 37.8 Å². The third-order valence-electron chi connectivity index (χ3n) is 5.47. The molecule has 0 N–H and O–H groups in total. The number of amides is 1. The number of likely N-dealkylation sites (N-methyl/N-ethyl adjacent to an activating group) is 1. The summed E-state index contributed by atoms with van der Waals surface area (Å²) in [5, 5.41) is 4.00. The van der Waals surface area contributed by atoms with Crippen molar-refractivity contribution < 1.29 is 14.1 Å². The maximum absolute atomic E-state index is 13.1. The highest BCUT2D eigenvalue weighted by molar-refractivity contribution is 6.08. The molecule has 1 aromatic carbocycles. The average molecular weight is 356 g/mol. The number of piperidine rings is 1. The van der Waals surface area contributed by atoms with Crippen LogP contribution in [-0.2, 0) is 27.9 Å². The van der Waals surface area contributed by atoms with Crippen LogP contribution in [0.4, 0.5) is 5.69 Å². The molecule has 7 nitrogen and oxygen atoms in total. The molecule has 3 heterocycles. The van der Waals surface area contributed by atoms with Crippen LogP contribution in [0.2, 0.25) is 0 Å². The van der Waals surface area contributed by atoms with Crippen molar-refractivity contribution in [3.05, 3.63) is 41.5 Å². The number of rotatable bonds is 5. The van der Waals surface area contributed by atoms with Gasteiger partial charge in [0.15, 0.2) is 5.82 Å². The second kappa shape index (κ2) is 6.81. The van der Waals surface area contributed by atoms with E-state index >= 15 is 0 Å². The monoisotopic (exact) mass is 356 g/mol. The van der Waals surface area contributed by atoms with E-state index in [2.05, 4.69) is 21.1 Å². The van der Waals surface area contributed by atoms with E-state index in [-0.39, 0.29) is 5.91 Å². The first-order valence-electron chi connectivity index (χ1n) is 9.04. The number of aromatic nitrogens is 2. The number of carbonyl (C=O) groups is 1. The Morgan fingerprint density at radius 3 is 3.04 bits per heavy atom. The van der Waals surface area contributed by atoms with Gasteiger partial charge < -0.3 is 14.2 Å². The van der Waals surface area contributed by atoms with Crippen LogP contribution in [0.1, 0.15) is 30.1 Å². The van der Waals surface area contributed by atoms with Crippen LogP contribution in [0, 0.1) is 0 Å². The van der Waals surface area contributed by atoms with E-state index in [4.69, 9.17) is 9.26 Å². The highest BCUT2D eigenvalue weighted by Gasteiger charge is 2.51. The highest BCUT2D eigenvalue weighted by atomic mass is 16.5. The predicted molar refractivity (Wildman–Crippen MR) is 95.9 cm³/mol. The van der Waals surface area contributed by atoms with E-state index < -0.39 is 5.41 Å². The number of benzene rings is 1. The first-order valence-corrected chi connectivity index (χ1v) is 9.04. The molecule has 138 valence electrons. The van der Waals surface area contributed by atoms with Crippen molar-refractivity contribution in [2.75, 3.05) is 38.8 Å². The minimum Gasteiger partial charge on any atom is -0.384 e.